The maximum Gasteiger partial charge on any atom is 0.305 e. The zero-order valence-corrected chi connectivity index (χ0v) is 15.2. The quantitative estimate of drug-likeness (QED) is 0.541. The van der Waals surface area contributed by atoms with Gasteiger partial charge in [-0.3, -0.25) is 9.59 Å². The number of nitrogens with one attached hydrogen (secondary N) is 1. The molecule has 10 heteroatoms. The number of benzene rings is 1. The Morgan fingerprint density at radius 3 is 2.83 bits per heavy atom. The van der Waals surface area contributed by atoms with Crippen molar-refractivity contribution in [1.29, 1.82) is 0 Å². The van der Waals surface area contributed by atoms with E-state index in [4.69, 9.17) is 14.6 Å². The number of aliphatic carboxylic acids is 1. The number of rotatable bonds is 6. The van der Waals surface area contributed by atoms with Crippen LogP contribution in [0.3, 0.4) is 0 Å². The van der Waals surface area contributed by atoms with Gasteiger partial charge < -0.3 is 19.9 Å². The van der Waals surface area contributed by atoms with Gasteiger partial charge in [0.25, 0.3) is 0 Å². The van der Waals surface area contributed by atoms with Crippen molar-refractivity contribution in [2.75, 3.05) is 14.2 Å². The fourth-order valence-corrected chi connectivity index (χ4v) is 3.44. The van der Waals surface area contributed by atoms with Crippen molar-refractivity contribution in [1.82, 2.24) is 5.32 Å². The zero-order valence-electron chi connectivity index (χ0n) is 12.8. The van der Waals surface area contributed by atoms with Gasteiger partial charge in [0.15, 0.2) is 16.7 Å². The molecule has 128 valence electrons. The second kappa shape index (κ2) is 8.15. The molecule has 8 nitrogen and oxygen atoms in total. The predicted octanol–water partition coefficient (Wildman–Crippen LogP) is 1.86. The molecule has 1 aromatic rings. The van der Waals surface area contributed by atoms with Gasteiger partial charge in [0.2, 0.25) is 5.91 Å². The minimum absolute atomic E-state index is 0.262. The summed E-state index contributed by atoms with van der Waals surface area (Å²) >= 11 is 4.42. The molecule has 0 spiro atoms. The Kier molecular flexibility index (Phi) is 6.21. The van der Waals surface area contributed by atoms with Crippen molar-refractivity contribution >= 4 is 51.0 Å². The molecular formula is C14H14BrN3O5S. The van der Waals surface area contributed by atoms with E-state index in [0.717, 1.165) is 11.8 Å². The van der Waals surface area contributed by atoms with Crippen LogP contribution >= 0.6 is 27.7 Å². The highest BCUT2D eigenvalue weighted by Gasteiger charge is 2.32. The molecule has 0 saturated carbocycles. The van der Waals surface area contributed by atoms with Crippen molar-refractivity contribution in [2.45, 2.75) is 11.7 Å². The highest BCUT2D eigenvalue weighted by molar-refractivity contribution is 9.10. The summed E-state index contributed by atoms with van der Waals surface area (Å²) in [5.41, 5.74) is 0.709. The number of nitrogens with zero attached hydrogens (tertiary/aromatic N) is 2. The number of amidine groups is 1. The highest BCUT2D eigenvalue weighted by Crippen LogP contribution is 2.35. The van der Waals surface area contributed by atoms with E-state index in [1.165, 1.54) is 20.4 Å². The molecule has 1 atom stereocenters. The Morgan fingerprint density at radius 1 is 1.46 bits per heavy atom. The Labute approximate surface area is 150 Å². The minimum atomic E-state index is -1.04. The Balaban J connectivity index is 2.10. The van der Waals surface area contributed by atoms with Crippen LogP contribution in [0.4, 0.5) is 0 Å². The van der Waals surface area contributed by atoms with Gasteiger partial charge in [-0.15, -0.1) is 5.10 Å². The van der Waals surface area contributed by atoms with Gasteiger partial charge in [-0.25, -0.2) is 0 Å². The molecule has 1 aliphatic heterocycles. The number of carboxylic acids is 1. The van der Waals surface area contributed by atoms with Crippen LogP contribution in [-0.2, 0) is 9.59 Å². The lowest BCUT2D eigenvalue weighted by atomic mass is 10.2. The topological polar surface area (TPSA) is 110 Å². The molecule has 0 aromatic heterocycles. The van der Waals surface area contributed by atoms with Gasteiger partial charge in [-0.2, -0.15) is 5.10 Å². The molecule has 0 bridgehead atoms. The second-order valence-corrected chi connectivity index (χ2v) is 6.63. The van der Waals surface area contributed by atoms with Gasteiger partial charge in [0, 0.05) is 0 Å². The lowest BCUT2D eigenvalue weighted by Crippen LogP contribution is -2.26. The fourth-order valence-electron chi connectivity index (χ4n) is 1.91. The molecule has 1 amide bonds. The normalized spacial score (nSPS) is 18.9. The van der Waals surface area contributed by atoms with E-state index in [1.807, 2.05) is 0 Å². The summed E-state index contributed by atoms with van der Waals surface area (Å²) in [7, 11) is 3.06. The monoisotopic (exact) mass is 415 g/mol. The third kappa shape index (κ3) is 4.48. The summed E-state index contributed by atoms with van der Waals surface area (Å²) in [4.78, 5) is 22.2. The number of carbonyl (C=O) groups excluding carboxylic acids is 1. The maximum absolute atomic E-state index is 11.6. The van der Waals surface area contributed by atoms with Gasteiger partial charge in [-0.05, 0) is 33.6 Å². The molecule has 1 fully saturated rings. The average Bonchev–Trinajstić information content (AvgIpc) is 2.85. The fraction of sp³-hybridized carbons (Fsp3) is 0.286. The molecular weight excluding hydrogens is 402 g/mol. The number of thioether (sulfide) groups is 1. The predicted molar refractivity (Wildman–Crippen MR) is 94.0 cm³/mol. The number of carbonyl (C=O) groups is 2. The van der Waals surface area contributed by atoms with E-state index in [-0.39, 0.29) is 17.5 Å². The molecule has 1 aliphatic rings. The number of ether oxygens (including phenoxy) is 2. The van der Waals surface area contributed by atoms with Crippen LogP contribution in [-0.4, -0.2) is 47.8 Å². The largest absolute Gasteiger partial charge is 0.493 e. The molecule has 1 aromatic carbocycles. The molecule has 2 rings (SSSR count). The number of methoxy groups -OCH3 is 2. The molecule has 1 saturated heterocycles. The summed E-state index contributed by atoms with van der Waals surface area (Å²) in [5, 5.41) is 18.6. The van der Waals surface area contributed by atoms with Crippen LogP contribution < -0.4 is 14.8 Å². The number of halogens is 1. The Hall–Kier alpha value is -2.07. The standard InChI is InChI=1S/C14H14BrN3O5S/c1-22-9-4-7(3-8(15)12(9)23-2)6-16-18-14-17-13(21)10(24-14)5-11(19)20/h3-4,6,10H,5H2,1-2H3,(H,19,20)(H,17,18,21). The van der Waals surface area contributed by atoms with Crippen molar-refractivity contribution in [3.63, 3.8) is 0 Å². The Morgan fingerprint density at radius 2 is 2.21 bits per heavy atom. The first-order valence-corrected chi connectivity index (χ1v) is 8.33. The average molecular weight is 416 g/mol. The van der Waals surface area contributed by atoms with Crippen molar-refractivity contribution in [2.24, 2.45) is 10.2 Å². The third-order valence-electron chi connectivity index (χ3n) is 2.95. The van der Waals surface area contributed by atoms with Crippen molar-refractivity contribution in [3.05, 3.63) is 22.2 Å². The number of hydrogen-bond acceptors (Lipinski definition) is 7. The zero-order chi connectivity index (χ0) is 17.7. The van der Waals surface area contributed by atoms with Crippen LogP contribution in [0, 0.1) is 0 Å². The van der Waals surface area contributed by atoms with Crippen molar-refractivity contribution < 1.29 is 24.2 Å². The SMILES string of the molecule is COc1cc(C=NN=C2NC(=O)C(CC(=O)O)S2)cc(Br)c1OC. The molecule has 2 N–H and O–H groups in total. The van der Waals surface area contributed by atoms with E-state index in [2.05, 4.69) is 31.4 Å². The summed E-state index contributed by atoms with van der Waals surface area (Å²) in [6.07, 6.45) is 1.22. The van der Waals surface area contributed by atoms with E-state index >= 15 is 0 Å². The molecule has 1 heterocycles. The summed E-state index contributed by atoms with van der Waals surface area (Å²) in [6.45, 7) is 0. The van der Waals surface area contributed by atoms with E-state index in [9.17, 15) is 9.59 Å². The second-order valence-electron chi connectivity index (χ2n) is 4.58. The minimum Gasteiger partial charge on any atom is -0.493 e. The lowest BCUT2D eigenvalue weighted by molar-refractivity contribution is -0.138. The van der Waals surface area contributed by atoms with Crippen LogP contribution in [0.25, 0.3) is 0 Å². The van der Waals surface area contributed by atoms with Crippen LogP contribution in [0.5, 0.6) is 11.5 Å². The summed E-state index contributed by atoms with van der Waals surface area (Å²) in [5.74, 6) is -0.324. The first-order chi connectivity index (χ1) is 11.4. The molecule has 24 heavy (non-hydrogen) atoms. The molecule has 1 unspecified atom stereocenters. The van der Waals surface area contributed by atoms with Crippen molar-refractivity contribution in [3.8, 4) is 11.5 Å². The van der Waals surface area contributed by atoms with Crippen LogP contribution in [0.2, 0.25) is 0 Å². The number of hydrogen-bond donors (Lipinski definition) is 2. The summed E-state index contributed by atoms with van der Waals surface area (Å²) in [6, 6.07) is 3.50. The van der Waals surface area contributed by atoms with E-state index < -0.39 is 11.2 Å². The summed E-state index contributed by atoms with van der Waals surface area (Å²) < 4.78 is 11.2. The molecule has 0 radical (unpaired) electrons. The smallest absolute Gasteiger partial charge is 0.305 e. The first-order valence-electron chi connectivity index (χ1n) is 6.66. The van der Waals surface area contributed by atoms with E-state index in [1.54, 1.807) is 12.1 Å². The number of amides is 1. The lowest BCUT2D eigenvalue weighted by Gasteiger charge is -2.09. The van der Waals surface area contributed by atoms with Gasteiger partial charge in [0.1, 0.15) is 5.25 Å². The molecule has 0 aliphatic carbocycles. The number of carboxylic acid groups (broad SMARTS) is 1. The van der Waals surface area contributed by atoms with E-state index in [0.29, 0.717) is 21.5 Å². The van der Waals surface area contributed by atoms with Crippen LogP contribution in [0.1, 0.15) is 12.0 Å². The first kappa shape index (κ1) is 18.3. The highest BCUT2D eigenvalue weighted by atomic mass is 79.9. The van der Waals surface area contributed by atoms with Gasteiger partial charge in [-0.1, -0.05) is 11.8 Å². The van der Waals surface area contributed by atoms with Gasteiger partial charge in [0.05, 0.1) is 31.3 Å². The third-order valence-corrected chi connectivity index (χ3v) is 4.61. The maximum atomic E-state index is 11.6. The van der Waals surface area contributed by atoms with Gasteiger partial charge >= 0.3 is 5.97 Å². The van der Waals surface area contributed by atoms with Crippen LogP contribution in [0.15, 0.2) is 26.8 Å². The Bertz CT molecular complexity index is 723.